The van der Waals surface area contributed by atoms with E-state index in [0.29, 0.717) is 6.54 Å². The van der Waals surface area contributed by atoms with Crippen LogP contribution in [0.1, 0.15) is 64.6 Å². The number of nitrogens with one attached hydrogen (secondary N) is 2. The summed E-state index contributed by atoms with van der Waals surface area (Å²) in [6.45, 7) is 9.80. The smallest absolute Gasteiger partial charge is 0.226 e. The summed E-state index contributed by atoms with van der Waals surface area (Å²) in [4.78, 5) is 32.1. The van der Waals surface area contributed by atoms with E-state index in [1.54, 1.807) is 0 Å². The molecule has 5 heteroatoms. The Balaban J connectivity index is 1.49. The van der Waals surface area contributed by atoms with Gasteiger partial charge in [0.05, 0.1) is 6.54 Å². The lowest BCUT2D eigenvalue weighted by Gasteiger charge is -2.37. The number of para-hydroxylation sites is 1. The second-order valence-corrected chi connectivity index (χ2v) is 10.2. The predicted molar refractivity (Wildman–Crippen MR) is 120 cm³/mol. The molecule has 30 heavy (non-hydrogen) atoms. The molecule has 0 spiro atoms. The summed E-state index contributed by atoms with van der Waals surface area (Å²) in [5.41, 5.74) is 3.63. The summed E-state index contributed by atoms with van der Waals surface area (Å²) in [6.07, 6.45) is 4.55. The van der Waals surface area contributed by atoms with Crippen molar-refractivity contribution in [1.29, 1.82) is 0 Å². The SMILES string of the molecule is C[C@@H](NC(=O)C1CCCCC1C(=O)N1CCc2c([nH]c3ccccc23)C1)C(C)(C)C. The zero-order chi connectivity index (χ0) is 21.5. The fourth-order valence-corrected chi connectivity index (χ4v) is 4.89. The molecule has 2 heterocycles. The highest BCUT2D eigenvalue weighted by atomic mass is 16.2. The number of carbonyl (C=O) groups is 2. The Kier molecular flexibility index (Phi) is 5.65. The van der Waals surface area contributed by atoms with Crippen molar-refractivity contribution >= 4 is 22.7 Å². The van der Waals surface area contributed by atoms with Crippen LogP contribution in [-0.4, -0.2) is 34.3 Å². The Morgan fingerprint density at radius 3 is 2.57 bits per heavy atom. The van der Waals surface area contributed by atoms with Gasteiger partial charge < -0.3 is 15.2 Å². The van der Waals surface area contributed by atoms with E-state index in [2.05, 4.69) is 56.2 Å². The third-order valence-electron chi connectivity index (χ3n) is 7.27. The Labute approximate surface area is 179 Å². The van der Waals surface area contributed by atoms with Crippen LogP contribution in [-0.2, 0) is 22.6 Å². The average molecular weight is 410 g/mol. The first-order valence-corrected chi connectivity index (χ1v) is 11.4. The highest BCUT2D eigenvalue weighted by molar-refractivity contribution is 5.89. The largest absolute Gasteiger partial charge is 0.357 e. The van der Waals surface area contributed by atoms with Crippen LogP contribution in [0.4, 0.5) is 0 Å². The van der Waals surface area contributed by atoms with E-state index in [1.807, 2.05) is 11.0 Å². The lowest BCUT2D eigenvalue weighted by Crippen LogP contribution is -2.50. The number of amides is 2. The van der Waals surface area contributed by atoms with Gasteiger partial charge in [0.15, 0.2) is 0 Å². The standard InChI is InChI=1S/C25H35N3O2/c1-16(25(2,3)4)26-23(29)19-10-5-6-11-20(19)24(30)28-14-13-18-17-9-7-8-12-21(17)27-22(18)15-28/h7-9,12,16,19-20,27H,5-6,10-11,13-15H2,1-4H3,(H,26,29)/t16-,19?,20?/m1/s1. The van der Waals surface area contributed by atoms with Crippen molar-refractivity contribution in [2.24, 2.45) is 17.3 Å². The van der Waals surface area contributed by atoms with E-state index in [-0.39, 0.29) is 35.1 Å². The molecule has 3 atom stereocenters. The van der Waals surface area contributed by atoms with Gasteiger partial charge in [-0.15, -0.1) is 0 Å². The van der Waals surface area contributed by atoms with Crippen molar-refractivity contribution in [2.45, 2.75) is 72.4 Å². The number of rotatable bonds is 3. The van der Waals surface area contributed by atoms with Gasteiger partial charge in [-0.2, -0.15) is 0 Å². The van der Waals surface area contributed by atoms with Gasteiger partial charge in [0.2, 0.25) is 11.8 Å². The second-order valence-electron chi connectivity index (χ2n) is 10.2. The number of nitrogens with zero attached hydrogens (tertiary/aromatic N) is 1. The van der Waals surface area contributed by atoms with E-state index < -0.39 is 0 Å². The maximum atomic E-state index is 13.5. The van der Waals surface area contributed by atoms with E-state index in [4.69, 9.17) is 0 Å². The molecule has 1 fully saturated rings. The van der Waals surface area contributed by atoms with Crippen LogP contribution in [0.15, 0.2) is 24.3 Å². The van der Waals surface area contributed by atoms with Crippen molar-refractivity contribution in [3.8, 4) is 0 Å². The Morgan fingerprint density at radius 2 is 1.83 bits per heavy atom. The maximum absolute atomic E-state index is 13.5. The highest BCUT2D eigenvalue weighted by Crippen LogP contribution is 2.34. The molecule has 0 bridgehead atoms. The van der Waals surface area contributed by atoms with Crippen LogP contribution in [0, 0.1) is 17.3 Å². The van der Waals surface area contributed by atoms with Gasteiger partial charge in [-0.05, 0) is 43.2 Å². The zero-order valence-corrected chi connectivity index (χ0v) is 18.8. The van der Waals surface area contributed by atoms with Crippen molar-refractivity contribution < 1.29 is 9.59 Å². The topological polar surface area (TPSA) is 65.2 Å². The van der Waals surface area contributed by atoms with Crippen LogP contribution < -0.4 is 5.32 Å². The molecule has 1 aromatic heterocycles. The van der Waals surface area contributed by atoms with Gasteiger partial charge in [0.25, 0.3) is 0 Å². The Morgan fingerprint density at radius 1 is 1.13 bits per heavy atom. The third-order valence-corrected chi connectivity index (χ3v) is 7.27. The quantitative estimate of drug-likeness (QED) is 0.789. The molecule has 0 radical (unpaired) electrons. The number of aromatic nitrogens is 1. The molecule has 2 amide bonds. The third kappa shape index (κ3) is 3.99. The number of carbonyl (C=O) groups excluding carboxylic acids is 2. The van der Waals surface area contributed by atoms with Crippen LogP contribution in [0.2, 0.25) is 0 Å². The number of H-pyrrole nitrogens is 1. The average Bonchev–Trinajstić information content (AvgIpc) is 3.10. The molecule has 2 unspecified atom stereocenters. The second kappa shape index (κ2) is 8.09. The van der Waals surface area contributed by atoms with Crippen molar-refractivity contribution in [2.75, 3.05) is 6.54 Å². The lowest BCUT2D eigenvalue weighted by atomic mass is 9.77. The minimum Gasteiger partial charge on any atom is -0.357 e. The molecule has 4 rings (SSSR count). The molecule has 1 aromatic carbocycles. The van der Waals surface area contributed by atoms with Gasteiger partial charge in [0.1, 0.15) is 0 Å². The lowest BCUT2D eigenvalue weighted by molar-refractivity contribution is -0.144. The summed E-state index contributed by atoms with van der Waals surface area (Å²) in [5, 5.41) is 4.46. The van der Waals surface area contributed by atoms with Crippen LogP contribution in [0.25, 0.3) is 10.9 Å². The molecule has 0 saturated heterocycles. The fraction of sp³-hybridized carbons (Fsp3) is 0.600. The van der Waals surface area contributed by atoms with E-state index in [1.165, 1.54) is 10.9 Å². The first-order chi connectivity index (χ1) is 14.3. The van der Waals surface area contributed by atoms with Gasteiger partial charge >= 0.3 is 0 Å². The summed E-state index contributed by atoms with van der Waals surface area (Å²) in [7, 11) is 0. The summed E-state index contributed by atoms with van der Waals surface area (Å²) in [5.74, 6) is -0.196. The van der Waals surface area contributed by atoms with Gasteiger partial charge in [0, 0.05) is 41.0 Å². The number of hydrogen-bond donors (Lipinski definition) is 2. The van der Waals surface area contributed by atoms with Crippen LogP contribution in [0.3, 0.4) is 0 Å². The molecule has 5 nitrogen and oxygen atoms in total. The normalized spacial score (nSPS) is 23.1. The minimum atomic E-state index is -0.208. The fourth-order valence-electron chi connectivity index (χ4n) is 4.89. The van der Waals surface area contributed by atoms with Gasteiger partial charge in [-0.1, -0.05) is 51.8 Å². The van der Waals surface area contributed by atoms with Crippen LogP contribution in [0.5, 0.6) is 0 Å². The molecule has 1 saturated carbocycles. The first kappa shape index (κ1) is 21.0. The molecule has 2 aromatic rings. The monoisotopic (exact) mass is 409 g/mol. The molecule has 1 aliphatic carbocycles. The molecular weight excluding hydrogens is 374 g/mol. The van der Waals surface area contributed by atoms with Crippen molar-refractivity contribution in [3.63, 3.8) is 0 Å². The molecule has 1 aliphatic heterocycles. The summed E-state index contributed by atoms with van der Waals surface area (Å²) in [6, 6.07) is 8.43. The molecular formula is C25H35N3O2. The van der Waals surface area contributed by atoms with E-state index >= 15 is 0 Å². The summed E-state index contributed by atoms with van der Waals surface area (Å²) < 4.78 is 0. The van der Waals surface area contributed by atoms with Gasteiger partial charge in [-0.3, -0.25) is 9.59 Å². The Bertz CT molecular complexity index is 940. The molecule has 2 N–H and O–H groups in total. The van der Waals surface area contributed by atoms with Crippen molar-refractivity contribution in [3.05, 3.63) is 35.5 Å². The maximum Gasteiger partial charge on any atom is 0.226 e. The number of fused-ring (bicyclic) bond motifs is 3. The number of aromatic amines is 1. The number of benzene rings is 1. The van der Waals surface area contributed by atoms with E-state index in [0.717, 1.165) is 49.9 Å². The van der Waals surface area contributed by atoms with Crippen LogP contribution >= 0.6 is 0 Å². The predicted octanol–water partition coefficient (Wildman–Crippen LogP) is 4.41. The zero-order valence-electron chi connectivity index (χ0n) is 18.8. The molecule has 2 aliphatic rings. The van der Waals surface area contributed by atoms with E-state index in [9.17, 15) is 9.59 Å². The molecule has 162 valence electrons. The summed E-state index contributed by atoms with van der Waals surface area (Å²) >= 11 is 0. The van der Waals surface area contributed by atoms with Crippen molar-refractivity contribution in [1.82, 2.24) is 15.2 Å². The number of hydrogen-bond acceptors (Lipinski definition) is 2. The Hall–Kier alpha value is -2.30. The first-order valence-electron chi connectivity index (χ1n) is 11.4. The minimum absolute atomic E-state index is 0.00270. The van der Waals surface area contributed by atoms with Gasteiger partial charge in [-0.25, -0.2) is 0 Å². The highest BCUT2D eigenvalue weighted by Gasteiger charge is 2.39.